The van der Waals surface area contributed by atoms with Crippen molar-refractivity contribution in [3.8, 4) is 17.3 Å². The first-order valence-electron chi connectivity index (χ1n) is 12.1. The number of imidazole rings is 1. The zero-order valence-electron chi connectivity index (χ0n) is 22.5. The minimum absolute atomic E-state index is 0.271. The number of hydrogen-bond acceptors (Lipinski definition) is 9. The number of nitrogens with zero attached hydrogens (tertiary/aromatic N) is 6. The lowest BCUT2D eigenvalue weighted by atomic mass is 10.2. The number of anilines is 4. The number of aromatic nitrogens is 4. The van der Waals surface area contributed by atoms with E-state index in [2.05, 4.69) is 37.1 Å². The summed E-state index contributed by atoms with van der Waals surface area (Å²) in [5.74, 6) is 1.59. The Morgan fingerprint density at radius 2 is 1.90 bits per heavy atom. The number of carbonyl (C=O) groups is 1. The van der Waals surface area contributed by atoms with E-state index in [1.54, 1.807) is 31.2 Å². The maximum Gasteiger partial charge on any atom is 0.247 e. The Balaban J connectivity index is 1.73. The normalized spacial score (nSPS) is 10.9. The molecule has 2 heterocycles. The van der Waals surface area contributed by atoms with Crippen LogP contribution in [0.2, 0.25) is 5.02 Å². The van der Waals surface area contributed by atoms with Crippen molar-refractivity contribution >= 4 is 51.6 Å². The highest BCUT2D eigenvalue weighted by Gasteiger charge is 2.18. The fourth-order valence-electron chi connectivity index (χ4n) is 3.90. The molecule has 2 N–H and O–H groups in total. The van der Waals surface area contributed by atoms with Crippen molar-refractivity contribution in [2.45, 2.75) is 0 Å². The Labute approximate surface area is 232 Å². The maximum absolute atomic E-state index is 12.2. The van der Waals surface area contributed by atoms with Crippen LogP contribution in [0.1, 0.15) is 0 Å². The van der Waals surface area contributed by atoms with Crippen LogP contribution in [-0.2, 0) is 4.79 Å². The number of rotatable bonds is 11. The Hall–Kier alpha value is -4.35. The van der Waals surface area contributed by atoms with Gasteiger partial charge in [0.05, 0.1) is 48.5 Å². The lowest BCUT2D eigenvalue weighted by Gasteiger charge is -2.26. The molecule has 0 fully saturated rings. The summed E-state index contributed by atoms with van der Waals surface area (Å²) in [7, 11) is 9.14. The second kappa shape index (κ2) is 12.0. The van der Waals surface area contributed by atoms with E-state index in [-0.39, 0.29) is 11.9 Å². The third-order valence-electron chi connectivity index (χ3n) is 6.01. The Bertz CT molecular complexity index is 1500. The number of benzene rings is 2. The van der Waals surface area contributed by atoms with Gasteiger partial charge in [0.2, 0.25) is 11.9 Å². The molecule has 0 radical (unpaired) electrons. The summed E-state index contributed by atoms with van der Waals surface area (Å²) in [4.78, 5) is 29.8. The number of carbonyl (C=O) groups excluding carboxylic acids is 1. The average molecular weight is 551 g/mol. The van der Waals surface area contributed by atoms with Gasteiger partial charge in [0.25, 0.3) is 0 Å². The minimum atomic E-state index is -0.333. The zero-order valence-corrected chi connectivity index (χ0v) is 23.3. The van der Waals surface area contributed by atoms with Gasteiger partial charge in [-0.05, 0) is 38.4 Å². The van der Waals surface area contributed by atoms with Crippen LogP contribution in [-0.4, -0.2) is 78.8 Å². The Morgan fingerprint density at radius 3 is 2.59 bits per heavy atom. The predicted molar refractivity (Wildman–Crippen MR) is 155 cm³/mol. The van der Waals surface area contributed by atoms with Crippen molar-refractivity contribution in [3.05, 3.63) is 60.5 Å². The monoisotopic (exact) mass is 550 g/mol. The summed E-state index contributed by atoms with van der Waals surface area (Å²) in [6, 6.07) is 9.18. The van der Waals surface area contributed by atoms with Crippen LogP contribution in [0.4, 0.5) is 23.0 Å². The predicted octanol–water partition coefficient (Wildman–Crippen LogP) is 4.35. The van der Waals surface area contributed by atoms with E-state index in [0.717, 1.165) is 29.8 Å². The molecule has 0 bridgehead atoms. The van der Waals surface area contributed by atoms with Crippen molar-refractivity contribution in [2.24, 2.45) is 0 Å². The Kier molecular flexibility index (Phi) is 8.52. The topological polar surface area (TPSA) is 110 Å². The third kappa shape index (κ3) is 6.21. The molecule has 0 aliphatic heterocycles. The highest BCUT2D eigenvalue weighted by molar-refractivity contribution is 6.32. The molecule has 4 rings (SSSR count). The first kappa shape index (κ1) is 27.7. The smallest absolute Gasteiger partial charge is 0.247 e. The van der Waals surface area contributed by atoms with Crippen molar-refractivity contribution < 1.29 is 14.3 Å². The fourth-order valence-corrected chi connectivity index (χ4v) is 4.08. The SMILES string of the molecule is C=CC(=O)Nc1cc(Nc2ncc(Cl)c(-n3cnc4ccc(OC)cc43)n2)c(OC)cc1N(C)CCN(C)C. The van der Waals surface area contributed by atoms with E-state index >= 15 is 0 Å². The number of ether oxygens (including phenoxy) is 2. The summed E-state index contributed by atoms with van der Waals surface area (Å²) in [6.07, 6.45) is 4.37. The van der Waals surface area contributed by atoms with Crippen LogP contribution in [0.25, 0.3) is 16.9 Å². The molecular weight excluding hydrogens is 520 g/mol. The van der Waals surface area contributed by atoms with E-state index in [1.165, 1.54) is 12.3 Å². The van der Waals surface area contributed by atoms with Crippen LogP contribution >= 0.6 is 11.6 Å². The highest BCUT2D eigenvalue weighted by Crippen LogP contribution is 2.38. The van der Waals surface area contributed by atoms with Gasteiger partial charge in [-0.25, -0.2) is 9.97 Å². The van der Waals surface area contributed by atoms with Gasteiger partial charge < -0.3 is 29.9 Å². The van der Waals surface area contributed by atoms with Gasteiger partial charge in [-0.3, -0.25) is 9.36 Å². The summed E-state index contributed by atoms with van der Waals surface area (Å²) in [6.45, 7) is 5.12. The van der Waals surface area contributed by atoms with Crippen molar-refractivity contribution in [2.75, 3.05) is 64.0 Å². The number of fused-ring (bicyclic) bond motifs is 1. The first-order chi connectivity index (χ1) is 18.7. The molecule has 39 heavy (non-hydrogen) atoms. The summed E-state index contributed by atoms with van der Waals surface area (Å²) in [5.41, 5.74) is 3.45. The molecule has 0 spiro atoms. The van der Waals surface area contributed by atoms with E-state index in [0.29, 0.717) is 33.7 Å². The van der Waals surface area contributed by atoms with Gasteiger partial charge in [-0.1, -0.05) is 18.2 Å². The van der Waals surface area contributed by atoms with Crippen molar-refractivity contribution in [1.29, 1.82) is 0 Å². The van der Waals surface area contributed by atoms with E-state index in [1.807, 2.05) is 50.3 Å². The molecule has 4 aromatic rings. The second-order valence-electron chi connectivity index (χ2n) is 8.95. The van der Waals surface area contributed by atoms with Crippen LogP contribution in [0, 0.1) is 0 Å². The number of halogens is 1. The third-order valence-corrected chi connectivity index (χ3v) is 6.28. The first-order valence-corrected chi connectivity index (χ1v) is 12.4. The van der Waals surface area contributed by atoms with Crippen molar-refractivity contribution in [3.63, 3.8) is 0 Å². The van der Waals surface area contributed by atoms with E-state index in [9.17, 15) is 4.79 Å². The molecule has 11 nitrogen and oxygen atoms in total. The van der Waals surface area contributed by atoms with Gasteiger partial charge in [0.15, 0.2) is 5.82 Å². The van der Waals surface area contributed by atoms with E-state index < -0.39 is 0 Å². The summed E-state index contributed by atoms with van der Waals surface area (Å²) < 4.78 is 12.8. The molecule has 12 heteroatoms. The maximum atomic E-state index is 12.2. The second-order valence-corrected chi connectivity index (χ2v) is 9.35. The largest absolute Gasteiger partial charge is 0.497 e. The summed E-state index contributed by atoms with van der Waals surface area (Å²) in [5, 5.41) is 6.43. The molecule has 0 aliphatic rings. The molecule has 2 aromatic carbocycles. The zero-order chi connectivity index (χ0) is 28.1. The van der Waals surface area contributed by atoms with Crippen LogP contribution in [0.5, 0.6) is 11.5 Å². The average Bonchev–Trinajstić information content (AvgIpc) is 3.35. The van der Waals surface area contributed by atoms with E-state index in [4.69, 9.17) is 21.1 Å². The number of hydrogen-bond donors (Lipinski definition) is 2. The van der Waals surface area contributed by atoms with Gasteiger partial charge in [0, 0.05) is 32.3 Å². The summed E-state index contributed by atoms with van der Waals surface area (Å²) >= 11 is 6.51. The van der Waals surface area contributed by atoms with Gasteiger partial charge in [-0.2, -0.15) is 4.98 Å². The van der Waals surface area contributed by atoms with Gasteiger partial charge in [-0.15, -0.1) is 0 Å². The fraction of sp³-hybridized carbons (Fsp3) is 0.259. The molecule has 0 unspecified atom stereocenters. The number of amides is 1. The van der Waals surface area contributed by atoms with Crippen molar-refractivity contribution in [1.82, 2.24) is 24.4 Å². The van der Waals surface area contributed by atoms with Gasteiger partial charge in [0.1, 0.15) is 22.8 Å². The lowest BCUT2D eigenvalue weighted by molar-refractivity contribution is -0.111. The molecule has 1 amide bonds. The van der Waals surface area contributed by atoms with Crippen LogP contribution in [0.15, 0.2) is 55.5 Å². The number of likely N-dealkylation sites (N-methyl/N-ethyl adjacent to an activating group) is 2. The quantitative estimate of drug-likeness (QED) is 0.263. The lowest BCUT2D eigenvalue weighted by Crippen LogP contribution is -2.29. The highest BCUT2D eigenvalue weighted by atomic mass is 35.5. The van der Waals surface area contributed by atoms with Crippen LogP contribution < -0.4 is 25.0 Å². The Morgan fingerprint density at radius 1 is 1.10 bits per heavy atom. The molecular formula is C27H31ClN8O3. The number of methoxy groups -OCH3 is 2. The molecule has 204 valence electrons. The van der Waals surface area contributed by atoms with Gasteiger partial charge >= 0.3 is 0 Å². The number of nitrogens with one attached hydrogen (secondary N) is 2. The standard InChI is InChI=1S/C27H31ClN8O3/c1-7-25(37)31-20-13-21(24(39-6)14-22(20)35(4)11-10-34(2)3)32-27-29-15-18(28)26(33-27)36-16-30-19-9-8-17(38-5)12-23(19)36/h7-9,12-16H,1,10-11H2,2-6H3,(H,31,37)(H,29,32,33). The molecule has 0 saturated carbocycles. The molecule has 0 aliphatic carbocycles. The molecule has 0 atom stereocenters. The minimum Gasteiger partial charge on any atom is -0.497 e. The van der Waals surface area contributed by atoms with Crippen LogP contribution in [0.3, 0.4) is 0 Å². The molecule has 2 aromatic heterocycles. The molecule has 0 saturated heterocycles.